The van der Waals surface area contributed by atoms with Gasteiger partial charge in [-0.1, -0.05) is 42.5 Å². The van der Waals surface area contributed by atoms with Crippen molar-refractivity contribution >= 4 is 11.6 Å². The number of benzene rings is 2. The van der Waals surface area contributed by atoms with Crippen LogP contribution in [-0.2, 0) is 6.61 Å². The third kappa shape index (κ3) is 4.11. The Morgan fingerprint density at radius 3 is 2.52 bits per heavy atom. The predicted octanol–water partition coefficient (Wildman–Crippen LogP) is 3.61. The van der Waals surface area contributed by atoms with E-state index in [4.69, 9.17) is 9.15 Å². The maximum Gasteiger partial charge on any atom is 0.291 e. The summed E-state index contributed by atoms with van der Waals surface area (Å²) in [5.74, 6) is -1.55. The molecule has 25 heavy (non-hydrogen) atoms. The number of hydrogen-bond donors (Lipinski definition) is 1. The molecule has 2 aromatic carbocycles. The van der Waals surface area contributed by atoms with Crippen molar-refractivity contribution in [1.29, 1.82) is 0 Å². The molecule has 3 rings (SSSR count). The molecule has 1 amide bonds. The number of amides is 1. The van der Waals surface area contributed by atoms with Crippen LogP contribution < -0.4 is 15.5 Å². The molecule has 0 radical (unpaired) electrons. The van der Waals surface area contributed by atoms with Crippen LogP contribution in [0.25, 0.3) is 0 Å². The standard InChI is InChI=1S/C19H14FNO4/c20-14-8-4-5-9-15(14)21-19(23)17-10-16(22)18(12-25-17)24-11-13-6-2-1-3-7-13/h1-10,12H,11H2,(H,21,23). The second-order valence-electron chi connectivity index (χ2n) is 5.18. The quantitative estimate of drug-likeness (QED) is 0.771. The Morgan fingerprint density at radius 1 is 1.08 bits per heavy atom. The van der Waals surface area contributed by atoms with E-state index in [0.29, 0.717) is 0 Å². The molecule has 0 saturated heterocycles. The minimum Gasteiger partial charge on any atom is -0.482 e. The number of hydrogen-bond acceptors (Lipinski definition) is 4. The largest absolute Gasteiger partial charge is 0.482 e. The molecule has 0 unspecified atom stereocenters. The van der Waals surface area contributed by atoms with Crippen LogP contribution >= 0.6 is 0 Å². The van der Waals surface area contributed by atoms with Gasteiger partial charge in [0.2, 0.25) is 11.2 Å². The van der Waals surface area contributed by atoms with Crippen molar-refractivity contribution in [3.63, 3.8) is 0 Å². The van der Waals surface area contributed by atoms with E-state index >= 15 is 0 Å². The molecule has 0 aliphatic heterocycles. The van der Waals surface area contributed by atoms with Crippen LogP contribution in [0.3, 0.4) is 0 Å². The van der Waals surface area contributed by atoms with Crippen LogP contribution in [0.5, 0.6) is 5.75 Å². The first-order valence-corrected chi connectivity index (χ1v) is 7.49. The van der Waals surface area contributed by atoms with Gasteiger partial charge >= 0.3 is 0 Å². The first-order valence-electron chi connectivity index (χ1n) is 7.49. The summed E-state index contributed by atoms with van der Waals surface area (Å²) in [6, 6.07) is 16.0. The van der Waals surface area contributed by atoms with Gasteiger partial charge < -0.3 is 14.5 Å². The Morgan fingerprint density at radius 2 is 1.80 bits per heavy atom. The van der Waals surface area contributed by atoms with E-state index in [0.717, 1.165) is 17.9 Å². The number of carbonyl (C=O) groups is 1. The second kappa shape index (κ2) is 7.44. The van der Waals surface area contributed by atoms with Crippen molar-refractivity contribution in [2.24, 2.45) is 0 Å². The SMILES string of the molecule is O=C(Nc1ccccc1F)c1cc(=O)c(OCc2ccccc2)co1. The van der Waals surface area contributed by atoms with Gasteiger partial charge in [-0.25, -0.2) is 4.39 Å². The van der Waals surface area contributed by atoms with Gasteiger partial charge in [-0.15, -0.1) is 0 Å². The first kappa shape index (κ1) is 16.4. The summed E-state index contributed by atoms with van der Waals surface area (Å²) >= 11 is 0. The van der Waals surface area contributed by atoms with Crippen LogP contribution in [0.4, 0.5) is 10.1 Å². The molecule has 1 aromatic heterocycles. The molecule has 1 N–H and O–H groups in total. The lowest BCUT2D eigenvalue weighted by atomic mass is 10.2. The Balaban J connectivity index is 1.70. The smallest absolute Gasteiger partial charge is 0.291 e. The zero-order valence-corrected chi connectivity index (χ0v) is 13.1. The van der Waals surface area contributed by atoms with E-state index in [2.05, 4.69) is 5.32 Å². The van der Waals surface area contributed by atoms with E-state index in [9.17, 15) is 14.0 Å². The highest BCUT2D eigenvalue weighted by atomic mass is 19.1. The molecule has 6 heteroatoms. The number of halogens is 1. The topological polar surface area (TPSA) is 68.5 Å². The third-order valence-corrected chi connectivity index (χ3v) is 3.38. The van der Waals surface area contributed by atoms with Gasteiger partial charge in [0.15, 0.2) is 5.76 Å². The molecule has 0 atom stereocenters. The molecule has 0 aliphatic carbocycles. The molecule has 3 aromatic rings. The van der Waals surface area contributed by atoms with Gasteiger partial charge in [0.1, 0.15) is 18.7 Å². The number of para-hydroxylation sites is 1. The van der Waals surface area contributed by atoms with Crippen LogP contribution in [0, 0.1) is 5.82 Å². The van der Waals surface area contributed by atoms with Crippen LogP contribution in [0.2, 0.25) is 0 Å². The molecule has 0 bridgehead atoms. The van der Waals surface area contributed by atoms with Crippen LogP contribution in [0.15, 0.2) is 76.1 Å². The highest BCUT2D eigenvalue weighted by molar-refractivity contribution is 6.02. The van der Waals surface area contributed by atoms with E-state index in [1.807, 2.05) is 30.3 Å². The summed E-state index contributed by atoms with van der Waals surface area (Å²) < 4.78 is 24.1. The highest BCUT2D eigenvalue weighted by Gasteiger charge is 2.14. The van der Waals surface area contributed by atoms with E-state index in [1.54, 1.807) is 6.07 Å². The molecule has 0 spiro atoms. The molecular weight excluding hydrogens is 325 g/mol. The van der Waals surface area contributed by atoms with Gasteiger partial charge in [-0.05, 0) is 17.7 Å². The van der Waals surface area contributed by atoms with E-state index < -0.39 is 17.2 Å². The minimum atomic E-state index is -0.725. The number of rotatable bonds is 5. The first-order chi connectivity index (χ1) is 12.1. The summed E-state index contributed by atoms with van der Waals surface area (Å²) in [4.78, 5) is 24.1. The van der Waals surface area contributed by atoms with Gasteiger partial charge in [-0.2, -0.15) is 0 Å². The lowest BCUT2D eigenvalue weighted by Gasteiger charge is -2.07. The lowest BCUT2D eigenvalue weighted by Crippen LogP contribution is -2.16. The van der Waals surface area contributed by atoms with Crippen molar-refractivity contribution in [3.8, 4) is 5.75 Å². The van der Waals surface area contributed by atoms with Crippen LogP contribution in [0.1, 0.15) is 16.1 Å². The summed E-state index contributed by atoms with van der Waals surface area (Å²) in [6.07, 6.45) is 1.07. The van der Waals surface area contributed by atoms with Gasteiger partial charge in [-0.3, -0.25) is 9.59 Å². The number of carbonyl (C=O) groups excluding carboxylic acids is 1. The average Bonchev–Trinajstić information content (AvgIpc) is 2.63. The van der Waals surface area contributed by atoms with Crippen molar-refractivity contribution < 1.29 is 18.3 Å². The molecule has 5 nitrogen and oxygen atoms in total. The van der Waals surface area contributed by atoms with Crippen molar-refractivity contribution in [2.75, 3.05) is 5.32 Å². The molecule has 0 saturated carbocycles. The minimum absolute atomic E-state index is 0.000414. The Kier molecular flexibility index (Phi) is 4.89. The molecule has 0 aliphatic rings. The van der Waals surface area contributed by atoms with E-state index in [-0.39, 0.29) is 23.8 Å². The summed E-state index contributed by atoms with van der Waals surface area (Å²) in [5.41, 5.74) is 0.392. The lowest BCUT2D eigenvalue weighted by molar-refractivity contribution is 0.0993. The Hall–Kier alpha value is -3.41. The predicted molar refractivity (Wildman–Crippen MR) is 90.1 cm³/mol. The zero-order valence-electron chi connectivity index (χ0n) is 13.1. The Bertz CT molecular complexity index is 937. The van der Waals surface area contributed by atoms with Gasteiger partial charge in [0.05, 0.1) is 5.69 Å². The number of anilines is 1. The monoisotopic (exact) mass is 339 g/mol. The van der Waals surface area contributed by atoms with Crippen LogP contribution in [-0.4, -0.2) is 5.91 Å². The fraction of sp³-hybridized carbons (Fsp3) is 0.0526. The van der Waals surface area contributed by atoms with Gasteiger partial charge in [0, 0.05) is 6.07 Å². The highest BCUT2D eigenvalue weighted by Crippen LogP contribution is 2.15. The number of ether oxygens (including phenoxy) is 1. The van der Waals surface area contributed by atoms with Gasteiger partial charge in [0.25, 0.3) is 5.91 Å². The maximum absolute atomic E-state index is 13.5. The summed E-state index contributed by atoms with van der Waals surface area (Å²) in [7, 11) is 0. The molecular formula is C19H14FNO4. The second-order valence-corrected chi connectivity index (χ2v) is 5.18. The molecule has 1 heterocycles. The summed E-state index contributed by atoms with van der Waals surface area (Å²) in [5, 5.41) is 2.34. The van der Waals surface area contributed by atoms with Crippen molar-refractivity contribution in [3.05, 3.63) is 94.3 Å². The molecule has 126 valence electrons. The van der Waals surface area contributed by atoms with E-state index in [1.165, 1.54) is 18.2 Å². The fourth-order valence-electron chi connectivity index (χ4n) is 2.11. The zero-order chi connectivity index (χ0) is 17.6. The normalized spacial score (nSPS) is 10.3. The summed E-state index contributed by atoms with van der Waals surface area (Å²) in [6.45, 7) is 0.201. The van der Waals surface area contributed by atoms with Crippen molar-refractivity contribution in [2.45, 2.75) is 6.61 Å². The average molecular weight is 339 g/mol. The number of nitrogens with one attached hydrogen (secondary N) is 1. The third-order valence-electron chi connectivity index (χ3n) is 3.38. The fourth-order valence-corrected chi connectivity index (χ4v) is 2.11. The molecule has 0 fully saturated rings. The van der Waals surface area contributed by atoms with Crippen molar-refractivity contribution in [1.82, 2.24) is 0 Å². The maximum atomic E-state index is 13.5. The Labute approximate surface area is 142 Å².